The van der Waals surface area contributed by atoms with Crippen molar-refractivity contribution in [1.82, 2.24) is 15.5 Å². The lowest BCUT2D eigenvalue weighted by atomic mass is 9.93. The molecule has 0 saturated carbocycles. The van der Waals surface area contributed by atoms with Crippen molar-refractivity contribution in [2.75, 3.05) is 39.7 Å². The highest BCUT2D eigenvalue weighted by Crippen LogP contribution is 2.25. The molecule has 0 aliphatic heterocycles. The molecule has 0 amide bonds. The Labute approximate surface area is 208 Å². The van der Waals surface area contributed by atoms with Crippen molar-refractivity contribution in [2.24, 2.45) is 16.6 Å². The predicted molar refractivity (Wildman–Crippen MR) is 138 cm³/mol. The summed E-state index contributed by atoms with van der Waals surface area (Å²) in [5, 5.41) is 11.8. The van der Waals surface area contributed by atoms with E-state index in [2.05, 4.69) is 49.8 Å². The number of nitrogens with two attached hydrogens (primary N) is 1. The minimum Gasteiger partial charge on any atom is -0.493 e. The lowest BCUT2D eigenvalue weighted by Crippen LogP contribution is -2.34. The van der Waals surface area contributed by atoms with E-state index in [9.17, 15) is 4.79 Å². The lowest BCUT2D eigenvalue weighted by Gasteiger charge is -2.29. The Balaban J connectivity index is 0.000000718. The van der Waals surface area contributed by atoms with Gasteiger partial charge in [-0.25, -0.2) is 0 Å². The summed E-state index contributed by atoms with van der Waals surface area (Å²) >= 11 is 1.43. The fraction of sp³-hybridized carbons (Fsp3) is 0.560. The molecule has 1 aromatic heterocycles. The molecule has 0 fully saturated rings. The van der Waals surface area contributed by atoms with Gasteiger partial charge in [0, 0.05) is 35.1 Å². The number of allylic oxidation sites excluding steroid dienone is 1. The molecule has 9 heteroatoms. The normalized spacial score (nSPS) is 11.5. The van der Waals surface area contributed by atoms with Crippen LogP contribution in [-0.2, 0) is 9.53 Å². The second-order valence-electron chi connectivity index (χ2n) is 9.61. The molecule has 0 aliphatic carbocycles. The molecule has 1 aromatic carbocycles. The number of rotatable bonds is 14. The van der Waals surface area contributed by atoms with Gasteiger partial charge in [-0.2, -0.15) is 0 Å². The second kappa shape index (κ2) is 14.8. The van der Waals surface area contributed by atoms with Gasteiger partial charge < -0.3 is 29.7 Å². The Morgan fingerprint density at radius 1 is 1.15 bits per heavy atom. The van der Waals surface area contributed by atoms with Crippen LogP contribution >= 0.6 is 11.8 Å². The smallest absolute Gasteiger partial charge is 0.276 e. The average molecular weight is 493 g/mol. The topological polar surface area (TPSA) is 113 Å². The third-order valence-electron chi connectivity index (χ3n) is 4.54. The SMILES string of the molecule is C=C(N)CCC=O.CNCC(C)(C)COCC(C)(C)COc1ccc(-c2nnc(SC)o2)cc1. The van der Waals surface area contributed by atoms with E-state index in [1.54, 1.807) is 0 Å². The summed E-state index contributed by atoms with van der Waals surface area (Å²) in [6.07, 6.45) is 3.85. The number of aromatic nitrogens is 2. The number of nitrogens with zero attached hydrogens (tertiary/aromatic N) is 2. The van der Waals surface area contributed by atoms with Gasteiger partial charge >= 0.3 is 0 Å². The number of ether oxygens (including phenoxy) is 2. The van der Waals surface area contributed by atoms with Gasteiger partial charge in [0.25, 0.3) is 5.22 Å². The van der Waals surface area contributed by atoms with Crippen LogP contribution in [0.25, 0.3) is 11.5 Å². The Hall–Kier alpha value is -2.36. The maximum Gasteiger partial charge on any atom is 0.276 e. The number of aldehydes is 1. The first kappa shape index (κ1) is 29.7. The van der Waals surface area contributed by atoms with Crippen LogP contribution in [0, 0.1) is 10.8 Å². The van der Waals surface area contributed by atoms with E-state index in [0.29, 0.717) is 49.5 Å². The maximum atomic E-state index is 9.61. The molecule has 2 aromatic rings. The summed E-state index contributed by atoms with van der Waals surface area (Å²) in [5.74, 6) is 1.33. The summed E-state index contributed by atoms with van der Waals surface area (Å²) in [6, 6.07) is 7.70. The van der Waals surface area contributed by atoms with Crippen LogP contribution in [0.1, 0.15) is 40.5 Å². The molecular formula is C25H40N4O4S. The minimum absolute atomic E-state index is 0.0753. The highest BCUT2D eigenvalue weighted by Gasteiger charge is 2.23. The highest BCUT2D eigenvalue weighted by atomic mass is 32.2. The molecule has 1 heterocycles. The first-order valence-corrected chi connectivity index (χ1v) is 12.4. The molecule has 0 spiro atoms. The molecule has 34 heavy (non-hydrogen) atoms. The Morgan fingerprint density at radius 3 is 2.29 bits per heavy atom. The van der Waals surface area contributed by atoms with Gasteiger partial charge in [0.1, 0.15) is 12.0 Å². The fourth-order valence-corrected chi connectivity index (χ4v) is 3.09. The maximum absolute atomic E-state index is 9.61. The fourth-order valence-electron chi connectivity index (χ4n) is 2.80. The number of benzene rings is 1. The number of carbonyl (C=O) groups excluding carboxylic acids is 1. The van der Waals surface area contributed by atoms with Crippen LogP contribution in [0.15, 0.2) is 46.2 Å². The van der Waals surface area contributed by atoms with Crippen molar-refractivity contribution < 1.29 is 18.7 Å². The van der Waals surface area contributed by atoms with Crippen molar-refractivity contribution in [3.63, 3.8) is 0 Å². The molecule has 0 bridgehead atoms. The summed E-state index contributed by atoms with van der Waals surface area (Å²) < 4.78 is 17.4. The summed E-state index contributed by atoms with van der Waals surface area (Å²) in [5.41, 5.74) is 6.62. The first-order chi connectivity index (χ1) is 16.0. The van der Waals surface area contributed by atoms with Crippen LogP contribution in [0.3, 0.4) is 0 Å². The van der Waals surface area contributed by atoms with Crippen molar-refractivity contribution in [3.05, 3.63) is 36.5 Å². The van der Waals surface area contributed by atoms with Crippen LogP contribution in [0.4, 0.5) is 0 Å². The highest BCUT2D eigenvalue weighted by molar-refractivity contribution is 7.98. The minimum atomic E-state index is -0.0753. The number of hydrogen-bond acceptors (Lipinski definition) is 9. The van der Waals surface area contributed by atoms with Gasteiger partial charge in [0.2, 0.25) is 5.89 Å². The molecule has 190 valence electrons. The van der Waals surface area contributed by atoms with E-state index in [4.69, 9.17) is 19.6 Å². The Morgan fingerprint density at radius 2 is 1.79 bits per heavy atom. The molecule has 0 radical (unpaired) electrons. The molecular weight excluding hydrogens is 452 g/mol. The van der Waals surface area contributed by atoms with Crippen LogP contribution in [0.5, 0.6) is 5.75 Å². The number of thioether (sulfide) groups is 1. The second-order valence-corrected chi connectivity index (χ2v) is 10.4. The van der Waals surface area contributed by atoms with Gasteiger partial charge in [-0.3, -0.25) is 0 Å². The zero-order valence-electron chi connectivity index (χ0n) is 21.3. The van der Waals surface area contributed by atoms with Crippen molar-refractivity contribution >= 4 is 18.0 Å². The first-order valence-electron chi connectivity index (χ1n) is 11.2. The lowest BCUT2D eigenvalue weighted by molar-refractivity contribution is -0.107. The van der Waals surface area contributed by atoms with Gasteiger partial charge in [0.05, 0.1) is 19.8 Å². The largest absolute Gasteiger partial charge is 0.493 e. The van der Waals surface area contributed by atoms with E-state index >= 15 is 0 Å². The van der Waals surface area contributed by atoms with Gasteiger partial charge in [0.15, 0.2) is 0 Å². The van der Waals surface area contributed by atoms with E-state index in [-0.39, 0.29) is 10.8 Å². The molecule has 3 N–H and O–H groups in total. The predicted octanol–water partition coefficient (Wildman–Crippen LogP) is 4.56. The summed E-state index contributed by atoms with van der Waals surface area (Å²) in [4.78, 5) is 9.61. The van der Waals surface area contributed by atoms with E-state index in [0.717, 1.165) is 24.1 Å². The van der Waals surface area contributed by atoms with Crippen molar-refractivity contribution in [3.8, 4) is 17.2 Å². The standard InChI is InChI=1S/C20H31N3O3S.C5H9NO/c1-19(2,11-21-5)12-24-13-20(3,4)14-25-16-9-7-15(8-10-16)17-22-23-18(26-17)27-6;1-5(6)3-2-4-7/h7-10,21H,11-14H2,1-6H3;4H,1-3,6H2. The van der Waals surface area contributed by atoms with E-state index in [1.807, 2.05) is 37.6 Å². The van der Waals surface area contributed by atoms with Crippen molar-refractivity contribution in [1.29, 1.82) is 0 Å². The van der Waals surface area contributed by atoms with Crippen LogP contribution < -0.4 is 15.8 Å². The zero-order valence-corrected chi connectivity index (χ0v) is 22.2. The molecule has 0 unspecified atom stereocenters. The van der Waals surface area contributed by atoms with E-state index < -0.39 is 0 Å². The number of nitrogens with one attached hydrogen (secondary N) is 1. The zero-order chi connectivity index (χ0) is 25.6. The average Bonchev–Trinajstić information content (AvgIpc) is 3.26. The summed E-state index contributed by atoms with van der Waals surface area (Å²) in [6.45, 7) is 15.0. The van der Waals surface area contributed by atoms with Crippen LogP contribution in [0.2, 0.25) is 0 Å². The molecule has 2 rings (SSSR count). The molecule has 8 nitrogen and oxygen atoms in total. The molecule has 0 aliphatic rings. The molecule has 0 atom stereocenters. The third-order valence-corrected chi connectivity index (χ3v) is 5.05. The quantitative estimate of drug-likeness (QED) is 0.289. The monoisotopic (exact) mass is 492 g/mol. The van der Waals surface area contributed by atoms with E-state index in [1.165, 1.54) is 11.8 Å². The van der Waals surface area contributed by atoms with Crippen LogP contribution in [-0.4, -0.2) is 56.2 Å². The van der Waals surface area contributed by atoms with Gasteiger partial charge in [-0.1, -0.05) is 46.0 Å². The third kappa shape index (κ3) is 12.2. The Kier molecular flexibility index (Phi) is 12.9. The molecule has 0 saturated heterocycles. The van der Waals surface area contributed by atoms with Crippen molar-refractivity contribution in [2.45, 2.75) is 45.8 Å². The van der Waals surface area contributed by atoms with Gasteiger partial charge in [-0.15, -0.1) is 10.2 Å². The number of hydrogen-bond donors (Lipinski definition) is 2. The number of carbonyl (C=O) groups is 1. The van der Waals surface area contributed by atoms with Gasteiger partial charge in [-0.05, 0) is 44.0 Å². The Bertz CT molecular complexity index is 866. The summed E-state index contributed by atoms with van der Waals surface area (Å²) in [7, 11) is 1.96.